The van der Waals surface area contributed by atoms with Gasteiger partial charge in [-0.05, 0) is 43.4 Å². The third-order valence-corrected chi connectivity index (χ3v) is 4.57. The minimum atomic E-state index is 0.806. The fourth-order valence-corrected chi connectivity index (χ4v) is 3.41. The Morgan fingerprint density at radius 3 is 1.93 bits per heavy atom. The third-order valence-electron chi connectivity index (χ3n) is 4.57. The van der Waals surface area contributed by atoms with Crippen LogP contribution in [0.15, 0.2) is 0 Å². The first-order valence-electron chi connectivity index (χ1n) is 6.44. The Balaban J connectivity index is 1.89. The van der Waals surface area contributed by atoms with E-state index in [0.717, 1.165) is 29.8 Å². The van der Waals surface area contributed by atoms with Crippen molar-refractivity contribution in [2.75, 3.05) is 0 Å². The predicted octanol–water partition coefficient (Wildman–Crippen LogP) is 3.20. The van der Waals surface area contributed by atoms with Gasteiger partial charge in [-0.2, -0.15) is 0 Å². The van der Waals surface area contributed by atoms with Gasteiger partial charge in [0.05, 0.1) is 0 Å². The van der Waals surface area contributed by atoms with Crippen molar-refractivity contribution >= 4 is 0 Å². The quantitative estimate of drug-likeness (QED) is 0.713. The molecule has 0 heterocycles. The van der Waals surface area contributed by atoms with Crippen LogP contribution in [0.5, 0.6) is 0 Å². The summed E-state index contributed by atoms with van der Waals surface area (Å²) in [6.45, 7) is 7.25. The van der Waals surface area contributed by atoms with Gasteiger partial charge < -0.3 is 5.32 Å². The average molecular weight is 195 g/mol. The van der Waals surface area contributed by atoms with Gasteiger partial charge in [-0.1, -0.05) is 27.2 Å². The summed E-state index contributed by atoms with van der Waals surface area (Å²) in [6.07, 6.45) is 7.15. The molecule has 2 rings (SSSR count). The van der Waals surface area contributed by atoms with E-state index in [1.807, 2.05) is 0 Å². The highest BCUT2D eigenvalue weighted by molar-refractivity contribution is 4.91. The van der Waals surface area contributed by atoms with Crippen LogP contribution in [-0.2, 0) is 0 Å². The molecule has 0 bridgehead atoms. The van der Waals surface area contributed by atoms with Crippen molar-refractivity contribution in [1.82, 2.24) is 5.32 Å². The fourth-order valence-electron chi connectivity index (χ4n) is 3.41. The summed E-state index contributed by atoms with van der Waals surface area (Å²) in [4.78, 5) is 0. The van der Waals surface area contributed by atoms with Crippen LogP contribution in [0.1, 0.15) is 52.9 Å². The van der Waals surface area contributed by atoms with Crippen LogP contribution in [-0.4, -0.2) is 12.1 Å². The Kier molecular flexibility index (Phi) is 3.16. The SMILES string of the molecule is CC1CCCC1NC1C(C)CCC1C. The zero-order chi connectivity index (χ0) is 10.1. The van der Waals surface area contributed by atoms with Crippen molar-refractivity contribution in [2.24, 2.45) is 17.8 Å². The molecule has 1 N–H and O–H groups in total. The molecule has 2 aliphatic carbocycles. The average Bonchev–Trinajstić information content (AvgIpc) is 2.67. The molecule has 0 aliphatic heterocycles. The highest BCUT2D eigenvalue weighted by Crippen LogP contribution is 2.33. The van der Waals surface area contributed by atoms with Crippen LogP contribution in [0.2, 0.25) is 0 Å². The molecule has 0 radical (unpaired) electrons. The number of nitrogens with one attached hydrogen (secondary N) is 1. The lowest BCUT2D eigenvalue weighted by Crippen LogP contribution is -2.43. The lowest BCUT2D eigenvalue weighted by Gasteiger charge is -2.28. The lowest BCUT2D eigenvalue weighted by atomic mass is 9.97. The van der Waals surface area contributed by atoms with Crippen molar-refractivity contribution in [3.05, 3.63) is 0 Å². The molecule has 14 heavy (non-hydrogen) atoms. The van der Waals surface area contributed by atoms with Gasteiger partial charge in [-0.25, -0.2) is 0 Å². The van der Waals surface area contributed by atoms with E-state index in [1.165, 1.54) is 32.1 Å². The second kappa shape index (κ2) is 4.22. The zero-order valence-electron chi connectivity index (χ0n) is 9.92. The summed E-state index contributed by atoms with van der Waals surface area (Å²) in [6, 6.07) is 1.63. The van der Waals surface area contributed by atoms with E-state index >= 15 is 0 Å². The highest BCUT2D eigenvalue weighted by atomic mass is 15.0. The Labute approximate surface area is 88.7 Å². The molecule has 82 valence electrons. The summed E-state index contributed by atoms with van der Waals surface area (Å²) < 4.78 is 0. The van der Waals surface area contributed by atoms with Gasteiger partial charge in [0.15, 0.2) is 0 Å². The van der Waals surface area contributed by atoms with Gasteiger partial charge in [-0.3, -0.25) is 0 Å². The van der Waals surface area contributed by atoms with E-state index in [0.29, 0.717) is 0 Å². The maximum Gasteiger partial charge on any atom is 0.0121 e. The Bertz CT molecular complexity index is 180. The Morgan fingerprint density at radius 2 is 1.43 bits per heavy atom. The van der Waals surface area contributed by atoms with Crippen LogP contribution >= 0.6 is 0 Å². The van der Waals surface area contributed by atoms with Crippen LogP contribution in [0.3, 0.4) is 0 Å². The van der Waals surface area contributed by atoms with Gasteiger partial charge >= 0.3 is 0 Å². The second-order valence-corrected chi connectivity index (χ2v) is 5.74. The van der Waals surface area contributed by atoms with Crippen LogP contribution in [0, 0.1) is 17.8 Å². The molecule has 0 aromatic carbocycles. The fraction of sp³-hybridized carbons (Fsp3) is 1.00. The van der Waals surface area contributed by atoms with E-state index < -0.39 is 0 Å². The molecular weight excluding hydrogens is 170 g/mol. The smallest absolute Gasteiger partial charge is 0.0121 e. The molecule has 1 nitrogen and oxygen atoms in total. The maximum atomic E-state index is 3.93. The van der Waals surface area contributed by atoms with Crippen molar-refractivity contribution in [2.45, 2.75) is 65.0 Å². The Morgan fingerprint density at radius 1 is 0.786 bits per heavy atom. The summed E-state index contributed by atoms with van der Waals surface area (Å²) in [5.74, 6) is 2.71. The summed E-state index contributed by atoms with van der Waals surface area (Å²) in [5.41, 5.74) is 0. The first kappa shape index (κ1) is 10.5. The first-order chi connectivity index (χ1) is 6.68. The monoisotopic (exact) mass is 195 g/mol. The van der Waals surface area contributed by atoms with E-state index in [-0.39, 0.29) is 0 Å². The Hall–Kier alpha value is -0.0400. The molecule has 0 amide bonds. The molecular formula is C13H25N. The molecule has 2 aliphatic rings. The van der Waals surface area contributed by atoms with Crippen molar-refractivity contribution in [3.63, 3.8) is 0 Å². The number of hydrogen-bond donors (Lipinski definition) is 1. The van der Waals surface area contributed by atoms with Crippen LogP contribution < -0.4 is 5.32 Å². The van der Waals surface area contributed by atoms with Crippen LogP contribution in [0.25, 0.3) is 0 Å². The largest absolute Gasteiger partial charge is 0.310 e. The standard InChI is InChI=1S/C13H25N/c1-9-5-4-6-12(9)14-13-10(2)7-8-11(13)3/h9-14H,4-8H2,1-3H3. The second-order valence-electron chi connectivity index (χ2n) is 5.74. The minimum Gasteiger partial charge on any atom is -0.310 e. The molecule has 0 aromatic heterocycles. The van der Waals surface area contributed by atoms with Crippen molar-refractivity contribution in [3.8, 4) is 0 Å². The van der Waals surface area contributed by atoms with Gasteiger partial charge in [0.25, 0.3) is 0 Å². The third kappa shape index (κ3) is 1.98. The zero-order valence-corrected chi connectivity index (χ0v) is 9.92. The summed E-state index contributed by atoms with van der Waals surface area (Å²) in [7, 11) is 0. The molecule has 2 fully saturated rings. The lowest BCUT2D eigenvalue weighted by molar-refractivity contribution is 0.296. The van der Waals surface area contributed by atoms with Crippen LogP contribution in [0.4, 0.5) is 0 Å². The summed E-state index contributed by atoms with van der Waals surface area (Å²) in [5, 5.41) is 3.93. The predicted molar refractivity (Wildman–Crippen MR) is 61.3 cm³/mol. The minimum absolute atomic E-state index is 0.806. The van der Waals surface area contributed by atoms with Crippen molar-refractivity contribution in [1.29, 1.82) is 0 Å². The molecule has 4 unspecified atom stereocenters. The number of hydrogen-bond acceptors (Lipinski definition) is 1. The molecule has 0 saturated heterocycles. The van der Waals surface area contributed by atoms with Crippen molar-refractivity contribution < 1.29 is 0 Å². The summed E-state index contributed by atoms with van der Waals surface area (Å²) >= 11 is 0. The van der Waals surface area contributed by atoms with Gasteiger partial charge in [0.1, 0.15) is 0 Å². The van der Waals surface area contributed by atoms with Gasteiger partial charge in [0.2, 0.25) is 0 Å². The topological polar surface area (TPSA) is 12.0 Å². The molecule has 0 aromatic rings. The van der Waals surface area contributed by atoms with E-state index in [2.05, 4.69) is 26.1 Å². The normalized spacial score (nSPS) is 48.6. The molecule has 2 saturated carbocycles. The maximum absolute atomic E-state index is 3.93. The van der Waals surface area contributed by atoms with E-state index in [9.17, 15) is 0 Å². The molecule has 4 atom stereocenters. The van der Waals surface area contributed by atoms with Gasteiger partial charge in [0, 0.05) is 12.1 Å². The van der Waals surface area contributed by atoms with Gasteiger partial charge in [-0.15, -0.1) is 0 Å². The molecule has 1 heteroatoms. The van der Waals surface area contributed by atoms with E-state index in [1.54, 1.807) is 0 Å². The first-order valence-corrected chi connectivity index (χ1v) is 6.44. The molecule has 0 spiro atoms. The number of rotatable bonds is 2. The van der Waals surface area contributed by atoms with E-state index in [4.69, 9.17) is 0 Å². The highest BCUT2D eigenvalue weighted by Gasteiger charge is 2.34.